The van der Waals surface area contributed by atoms with Crippen molar-refractivity contribution < 1.29 is 0 Å². The minimum atomic E-state index is -0.153. The Labute approximate surface area is 196 Å². The monoisotopic (exact) mass is 490 g/mol. The van der Waals surface area contributed by atoms with Gasteiger partial charge in [-0.05, 0) is 69.5 Å². The molecule has 0 radical (unpaired) electrons. The van der Waals surface area contributed by atoms with Crippen molar-refractivity contribution in [1.82, 2.24) is 14.2 Å². The Morgan fingerprint density at radius 2 is 1.78 bits per heavy atom. The number of aromatic nitrogens is 3. The molecule has 4 rings (SSSR count). The first-order chi connectivity index (χ1) is 15.3. The van der Waals surface area contributed by atoms with Crippen LogP contribution in [-0.2, 0) is 6.42 Å². The molecular formula is C26H27BrN4O. The molecule has 0 unspecified atom stereocenters. The summed E-state index contributed by atoms with van der Waals surface area (Å²) < 4.78 is 4.56. The van der Waals surface area contributed by atoms with E-state index >= 15 is 0 Å². The highest BCUT2D eigenvalue weighted by Gasteiger charge is 2.14. The predicted octanol–water partition coefficient (Wildman–Crippen LogP) is 6.02. The summed E-state index contributed by atoms with van der Waals surface area (Å²) in [5.41, 5.74) is 7.38. The van der Waals surface area contributed by atoms with Crippen molar-refractivity contribution >= 4 is 33.0 Å². The smallest absolute Gasteiger partial charge is 0.282 e. The van der Waals surface area contributed by atoms with Crippen molar-refractivity contribution in [2.75, 3.05) is 0 Å². The first-order valence-corrected chi connectivity index (χ1v) is 11.6. The first kappa shape index (κ1) is 22.2. The molecule has 32 heavy (non-hydrogen) atoms. The van der Waals surface area contributed by atoms with Crippen molar-refractivity contribution in [3.05, 3.63) is 91.2 Å². The van der Waals surface area contributed by atoms with Gasteiger partial charge >= 0.3 is 0 Å². The lowest BCUT2D eigenvalue weighted by Crippen LogP contribution is -2.22. The van der Waals surface area contributed by atoms with Crippen LogP contribution in [0.5, 0.6) is 0 Å². The third kappa shape index (κ3) is 3.95. The molecule has 164 valence electrons. The first-order valence-electron chi connectivity index (χ1n) is 10.8. The number of halogens is 1. The van der Waals surface area contributed by atoms with E-state index in [1.54, 1.807) is 12.3 Å². The Morgan fingerprint density at radius 3 is 2.47 bits per heavy atom. The molecule has 0 aliphatic rings. The van der Waals surface area contributed by atoms with E-state index in [4.69, 9.17) is 4.98 Å². The highest BCUT2D eigenvalue weighted by Crippen LogP contribution is 2.25. The van der Waals surface area contributed by atoms with Gasteiger partial charge in [-0.1, -0.05) is 41.1 Å². The second-order valence-electron chi connectivity index (χ2n) is 8.20. The fourth-order valence-electron chi connectivity index (χ4n) is 4.24. The molecular weight excluding hydrogens is 464 g/mol. The van der Waals surface area contributed by atoms with Crippen LogP contribution in [0.3, 0.4) is 0 Å². The summed E-state index contributed by atoms with van der Waals surface area (Å²) in [5, 5.41) is 5.17. The van der Waals surface area contributed by atoms with E-state index in [0.29, 0.717) is 23.1 Å². The second kappa shape index (κ2) is 8.87. The molecule has 2 aromatic heterocycles. The van der Waals surface area contributed by atoms with Crippen LogP contribution in [0.15, 0.2) is 56.8 Å². The van der Waals surface area contributed by atoms with E-state index in [1.807, 2.05) is 12.1 Å². The molecule has 2 heterocycles. The predicted molar refractivity (Wildman–Crippen MR) is 135 cm³/mol. The molecule has 6 heteroatoms. The quantitative estimate of drug-likeness (QED) is 0.321. The van der Waals surface area contributed by atoms with E-state index in [-0.39, 0.29) is 5.56 Å². The van der Waals surface area contributed by atoms with Crippen molar-refractivity contribution in [2.24, 2.45) is 5.10 Å². The lowest BCUT2D eigenvalue weighted by molar-refractivity contribution is 0.703. The number of aryl methyl sites for hydroxylation is 4. The van der Waals surface area contributed by atoms with Crippen molar-refractivity contribution in [1.29, 1.82) is 0 Å². The zero-order chi connectivity index (χ0) is 23.0. The molecule has 0 aliphatic carbocycles. The fourth-order valence-corrected chi connectivity index (χ4v) is 4.60. The van der Waals surface area contributed by atoms with Gasteiger partial charge in [0.15, 0.2) is 0 Å². The Hall–Kier alpha value is -2.99. The van der Waals surface area contributed by atoms with Gasteiger partial charge in [-0.3, -0.25) is 4.79 Å². The van der Waals surface area contributed by atoms with Crippen LogP contribution < -0.4 is 5.56 Å². The molecule has 0 aliphatic heterocycles. The molecule has 0 bridgehead atoms. The lowest BCUT2D eigenvalue weighted by Gasteiger charge is -2.15. The SMILES string of the molecule is CCCc1nc2ccc(Br)cc2c(=O)n1N=Cc1cc(C)n(-c2c(C)cccc2C)c1C. The van der Waals surface area contributed by atoms with Crippen LogP contribution in [0.1, 0.15) is 47.2 Å². The van der Waals surface area contributed by atoms with Gasteiger partial charge in [0.2, 0.25) is 0 Å². The molecule has 4 aromatic rings. The Bertz CT molecular complexity index is 1390. The molecule has 2 aromatic carbocycles. The van der Waals surface area contributed by atoms with Crippen molar-refractivity contribution in [3.8, 4) is 5.69 Å². The van der Waals surface area contributed by atoms with Crippen molar-refractivity contribution in [3.63, 3.8) is 0 Å². The summed E-state index contributed by atoms with van der Waals surface area (Å²) in [6.45, 7) is 10.5. The number of benzene rings is 2. The Kier molecular flexibility index (Phi) is 6.15. The zero-order valence-corrected chi connectivity index (χ0v) is 20.7. The largest absolute Gasteiger partial charge is 0.317 e. The summed E-state index contributed by atoms with van der Waals surface area (Å²) in [7, 11) is 0. The third-order valence-corrected chi connectivity index (χ3v) is 6.29. The van der Waals surface area contributed by atoms with Crippen LogP contribution >= 0.6 is 15.9 Å². The normalized spacial score (nSPS) is 11.7. The number of hydrogen-bond acceptors (Lipinski definition) is 3. The van der Waals surface area contributed by atoms with E-state index in [0.717, 1.165) is 27.8 Å². The lowest BCUT2D eigenvalue weighted by atomic mass is 10.1. The summed E-state index contributed by atoms with van der Waals surface area (Å²) in [6, 6.07) is 14.0. The topological polar surface area (TPSA) is 52.2 Å². The van der Waals surface area contributed by atoms with Gasteiger partial charge in [0.25, 0.3) is 5.56 Å². The zero-order valence-electron chi connectivity index (χ0n) is 19.1. The molecule has 0 amide bonds. The summed E-state index contributed by atoms with van der Waals surface area (Å²) in [4.78, 5) is 18.0. The number of fused-ring (bicyclic) bond motifs is 1. The van der Waals surface area contributed by atoms with E-state index in [1.165, 1.54) is 21.5 Å². The number of rotatable bonds is 5. The Balaban J connectivity index is 1.85. The van der Waals surface area contributed by atoms with Gasteiger partial charge in [-0.15, -0.1) is 0 Å². The average Bonchev–Trinajstić information content (AvgIpc) is 3.02. The van der Waals surface area contributed by atoms with Crippen LogP contribution in [0.25, 0.3) is 16.6 Å². The number of hydrogen-bond donors (Lipinski definition) is 0. The molecule has 0 saturated heterocycles. The van der Waals surface area contributed by atoms with Crippen LogP contribution in [0.2, 0.25) is 0 Å². The minimum Gasteiger partial charge on any atom is -0.317 e. The number of nitrogens with zero attached hydrogens (tertiary/aromatic N) is 4. The van der Waals surface area contributed by atoms with E-state index in [9.17, 15) is 4.79 Å². The van der Waals surface area contributed by atoms with Crippen LogP contribution in [-0.4, -0.2) is 20.4 Å². The summed E-state index contributed by atoms with van der Waals surface area (Å²) in [5.74, 6) is 0.673. The molecule has 0 fully saturated rings. The average molecular weight is 491 g/mol. The standard InChI is InChI=1S/C26H27BrN4O/c1-6-8-24-29-23-12-11-21(27)14-22(23)26(32)31(24)28-15-20-13-18(4)30(19(20)5)25-16(2)9-7-10-17(25)3/h7,9-15H,6,8H2,1-5H3. The second-order valence-corrected chi connectivity index (χ2v) is 9.12. The molecule has 0 spiro atoms. The molecule has 5 nitrogen and oxygen atoms in total. The minimum absolute atomic E-state index is 0.153. The fraction of sp³-hybridized carbons (Fsp3) is 0.269. The van der Waals surface area contributed by atoms with Gasteiger partial charge in [0, 0.05) is 27.8 Å². The molecule has 0 atom stereocenters. The maximum absolute atomic E-state index is 13.2. The van der Waals surface area contributed by atoms with Gasteiger partial charge in [0.1, 0.15) is 5.82 Å². The summed E-state index contributed by atoms with van der Waals surface area (Å²) >= 11 is 3.45. The Morgan fingerprint density at radius 1 is 1.06 bits per heavy atom. The van der Waals surface area contributed by atoms with Crippen LogP contribution in [0, 0.1) is 27.7 Å². The maximum Gasteiger partial charge on any atom is 0.282 e. The molecule has 0 saturated carbocycles. The highest BCUT2D eigenvalue weighted by molar-refractivity contribution is 9.10. The van der Waals surface area contributed by atoms with E-state index in [2.05, 4.69) is 84.5 Å². The number of para-hydroxylation sites is 1. The summed E-state index contributed by atoms with van der Waals surface area (Å²) in [6.07, 6.45) is 3.34. The van der Waals surface area contributed by atoms with Gasteiger partial charge in [0.05, 0.1) is 22.8 Å². The van der Waals surface area contributed by atoms with Crippen LogP contribution in [0.4, 0.5) is 0 Å². The maximum atomic E-state index is 13.2. The highest BCUT2D eigenvalue weighted by atomic mass is 79.9. The molecule has 0 N–H and O–H groups in total. The van der Waals surface area contributed by atoms with Gasteiger partial charge < -0.3 is 4.57 Å². The van der Waals surface area contributed by atoms with Gasteiger partial charge in [-0.2, -0.15) is 9.78 Å². The van der Waals surface area contributed by atoms with Crippen molar-refractivity contribution in [2.45, 2.75) is 47.5 Å². The third-order valence-electron chi connectivity index (χ3n) is 5.79. The van der Waals surface area contributed by atoms with E-state index < -0.39 is 0 Å². The van der Waals surface area contributed by atoms with Gasteiger partial charge in [-0.25, -0.2) is 4.98 Å².